The summed E-state index contributed by atoms with van der Waals surface area (Å²) in [6.07, 6.45) is 1.41. The van der Waals surface area contributed by atoms with E-state index in [1.165, 1.54) is 6.33 Å². The van der Waals surface area contributed by atoms with Gasteiger partial charge >= 0.3 is 6.03 Å². The summed E-state index contributed by atoms with van der Waals surface area (Å²) in [5, 5.41) is 5.35. The lowest BCUT2D eigenvalue weighted by atomic mass is 10.3. The number of hydrogen-bond acceptors (Lipinski definition) is 5. The Kier molecular flexibility index (Phi) is 3.77. The Balaban J connectivity index is 2.08. The number of hydrogen-bond donors (Lipinski definition) is 3. The third kappa shape index (κ3) is 3.56. The number of carbonyl (C=O) groups is 1. The molecule has 2 amide bonds. The molecule has 7 heteroatoms. The molecule has 2 aromatic rings. The molecule has 0 radical (unpaired) electrons. The fraction of sp³-hybridized carbons (Fsp3) is 0.0833. The van der Waals surface area contributed by atoms with Crippen LogP contribution in [0.4, 0.5) is 16.3 Å². The van der Waals surface area contributed by atoms with Crippen LogP contribution in [0.3, 0.4) is 0 Å². The third-order valence-electron chi connectivity index (χ3n) is 2.24. The lowest BCUT2D eigenvalue weighted by Crippen LogP contribution is -2.19. The Morgan fingerprint density at radius 3 is 2.63 bits per heavy atom. The summed E-state index contributed by atoms with van der Waals surface area (Å²) in [6, 6.07) is 7.83. The van der Waals surface area contributed by atoms with Crippen molar-refractivity contribution in [1.82, 2.24) is 9.97 Å². The number of nitrogens with zero attached hydrogens (tertiary/aromatic N) is 2. The minimum Gasteiger partial charge on any atom is -0.439 e. The van der Waals surface area contributed by atoms with Crippen LogP contribution in [-0.2, 0) is 0 Å². The highest BCUT2D eigenvalue weighted by atomic mass is 16.5. The summed E-state index contributed by atoms with van der Waals surface area (Å²) in [7, 11) is 1.76. The van der Waals surface area contributed by atoms with Gasteiger partial charge in [-0.2, -0.15) is 0 Å². The van der Waals surface area contributed by atoms with E-state index >= 15 is 0 Å². The second kappa shape index (κ2) is 5.67. The Labute approximate surface area is 109 Å². The van der Waals surface area contributed by atoms with Crippen molar-refractivity contribution in [2.24, 2.45) is 5.73 Å². The fourth-order valence-corrected chi connectivity index (χ4v) is 1.40. The monoisotopic (exact) mass is 259 g/mol. The molecule has 4 N–H and O–H groups in total. The average molecular weight is 259 g/mol. The molecular formula is C12H13N5O2. The maximum Gasteiger partial charge on any atom is 0.316 e. The highest BCUT2D eigenvalue weighted by Crippen LogP contribution is 2.22. The molecule has 1 aromatic carbocycles. The van der Waals surface area contributed by atoms with E-state index in [4.69, 9.17) is 10.5 Å². The predicted molar refractivity (Wildman–Crippen MR) is 71.3 cm³/mol. The van der Waals surface area contributed by atoms with Crippen LogP contribution in [0.2, 0.25) is 0 Å². The quantitative estimate of drug-likeness (QED) is 0.777. The number of primary amides is 1. The molecule has 98 valence electrons. The number of carbonyl (C=O) groups excluding carboxylic acids is 1. The molecule has 0 aliphatic rings. The molecule has 1 heterocycles. The largest absolute Gasteiger partial charge is 0.439 e. The van der Waals surface area contributed by atoms with Gasteiger partial charge in [-0.3, -0.25) is 0 Å². The molecule has 0 saturated heterocycles. The topological polar surface area (TPSA) is 102 Å². The summed E-state index contributed by atoms with van der Waals surface area (Å²) in [4.78, 5) is 18.6. The summed E-state index contributed by atoms with van der Waals surface area (Å²) >= 11 is 0. The molecule has 0 bridgehead atoms. The highest BCUT2D eigenvalue weighted by molar-refractivity contribution is 5.87. The zero-order valence-corrected chi connectivity index (χ0v) is 10.3. The van der Waals surface area contributed by atoms with E-state index in [9.17, 15) is 4.79 Å². The van der Waals surface area contributed by atoms with Crippen LogP contribution in [0.1, 0.15) is 0 Å². The van der Waals surface area contributed by atoms with Crippen molar-refractivity contribution >= 4 is 17.5 Å². The van der Waals surface area contributed by atoms with Crippen molar-refractivity contribution in [2.75, 3.05) is 17.7 Å². The van der Waals surface area contributed by atoms with Gasteiger partial charge in [-0.25, -0.2) is 14.8 Å². The van der Waals surface area contributed by atoms with E-state index in [-0.39, 0.29) is 0 Å². The standard InChI is InChI=1S/C12H13N5O2/c1-14-10-6-11(16-7-15-10)19-9-4-2-8(3-5-9)17-12(13)18/h2-7H,1H3,(H3,13,17,18)(H,14,15,16). The van der Waals surface area contributed by atoms with E-state index in [0.29, 0.717) is 23.1 Å². The van der Waals surface area contributed by atoms with Crippen molar-refractivity contribution in [2.45, 2.75) is 0 Å². The van der Waals surface area contributed by atoms with Crippen LogP contribution in [0.5, 0.6) is 11.6 Å². The van der Waals surface area contributed by atoms with Gasteiger partial charge in [0.15, 0.2) is 0 Å². The van der Waals surface area contributed by atoms with Crippen LogP contribution in [-0.4, -0.2) is 23.0 Å². The molecule has 0 saturated carbocycles. The van der Waals surface area contributed by atoms with Gasteiger partial charge in [0.1, 0.15) is 17.9 Å². The van der Waals surface area contributed by atoms with Crippen LogP contribution >= 0.6 is 0 Å². The number of rotatable bonds is 4. The lowest BCUT2D eigenvalue weighted by molar-refractivity contribution is 0.259. The minimum absolute atomic E-state index is 0.426. The Hall–Kier alpha value is -2.83. The smallest absolute Gasteiger partial charge is 0.316 e. The Morgan fingerprint density at radius 2 is 2.00 bits per heavy atom. The summed E-state index contributed by atoms with van der Waals surface area (Å²) in [5.74, 6) is 1.68. The van der Waals surface area contributed by atoms with E-state index in [1.54, 1.807) is 37.4 Å². The summed E-state index contributed by atoms with van der Waals surface area (Å²) in [5.41, 5.74) is 5.61. The molecule has 7 nitrogen and oxygen atoms in total. The van der Waals surface area contributed by atoms with Crippen LogP contribution in [0.25, 0.3) is 0 Å². The number of urea groups is 1. The first kappa shape index (κ1) is 12.6. The van der Waals surface area contributed by atoms with Gasteiger partial charge in [-0.1, -0.05) is 0 Å². The molecule has 2 rings (SSSR count). The zero-order valence-electron chi connectivity index (χ0n) is 10.3. The maximum atomic E-state index is 10.7. The number of nitrogens with two attached hydrogens (primary N) is 1. The summed E-state index contributed by atoms with van der Waals surface area (Å²) < 4.78 is 5.55. The molecule has 19 heavy (non-hydrogen) atoms. The number of nitrogens with one attached hydrogen (secondary N) is 2. The lowest BCUT2D eigenvalue weighted by Gasteiger charge is -2.07. The van der Waals surface area contributed by atoms with Gasteiger partial charge in [0.05, 0.1) is 0 Å². The number of aromatic nitrogens is 2. The number of anilines is 2. The average Bonchev–Trinajstić information content (AvgIpc) is 2.41. The molecule has 0 aliphatic carbocycles. The molecule has 0 atom stereocenters. The van der Waals surface area contributed by atoms with Crippen molar-refractivity contribution in [3.05, 3.63) is 36.7 Å². The van der Waals surface area contributed by atoms with Gasteiger partial charge in [0.2, 0.25) is 5.88 Å². The van der Waals surface area contributed by atoms with Gasteiger partial charge < -0.3 is 21.1 Å². The molecule has 1 aromatic heterocycles. The summed E-state index contributed by atoms with van der Waals surface area (Å²) in [6.45, 7) is 0. The fourth-order valence-electron chi connectivity index (χ4n) is 1.40. The Bertz CT molecular complexity index is 571. The second-order valence-corrected chi connectivity index (χ2v) is 3.61. The van der Waals surface area contributed by atoms with Crippen LogP contribution in [0, 0.1) is 0 Å². The normalized spacial score (nSPS) is 9.74. The molecule has 0 spiro atoms. The molecule has 0 fully saturated rings. The molecular weight excluding hydrogens is 246 g/mol. The predicted octanol–water partition coefficient (Wildman–Crippen LogP) is 1.80. The van der Waals surface area contributed by atoms with Gasteiger partial charge in [0, 0.05) is 18.8 Å². The van der Waals surface area contributed by atoms with Crippen molar-refractivity contribution in [3.8, 4) is 11.6 Å². The number of benzene rings is 1. The van der Waals surface area contributed by atoms with Gasteiger partial charge in [0.25, 0.3) is 0 Å². The molecule has 0 unspecified atom stereocenters. The molecule has 0 aliphatic heterocycles. The van der Waals surface area contributed by atoms with E-state index in [2.05, 4.69) is 20.6 Å². The Morgan fingerprint density at radius 1 is 1.26 bits per heavy atom. The van der Waals surface area contributed by atoms with Crippen LogP contribution in [0.15, 0.2) is 36.7 Å². The van der Waals surface area contributed by atoms with Crippen molar-refractivity contribution in [3.63, 3.8) is 0 Å². The van der Waals surface area contributed by atoms with E-state index in [0.717, 1.165) is 0 Å². The van der Waals surface area contributed by atoms with Gasteiger partial charge in [-0.05, 0) is 24.3 Å². The maximum absolute atomic E-state index is 10.7. The first-order valence-corrected chi connectivity index (χ1v) is 5.51. The minimum atomic E-state index is -0.608. The van der Waals surface area contributed by atoms with Crippen molar-refractivity contribution < 1.29 is 9.53 Å². The first-order valence-electron chi connectivity index (χ1n) is 5.51. The first-order chi connectivity index (χ1) is 9.17. The third-order valence-corrected chi connectivity index (χ3v) is 2.24. The van der Waals surface area contributed by atoms with E-state index in [1.807, 2.05) is 0 Å². The zero-order chi connectivity index (χ0) is 13.7. The van der Waals surface area contributed by atoms with Crippen LogP contribution < -0.4 is 21.1 Å². The SMILES string of the molecule is CNc1cc(Oc2ccc(NC(N)=O)cc2)ncn1. The number of ether oxygens (including phenoxy) is 1. The highest BCUT2D eigenvalue weighted by Gasteiger charge is 2.01. The van der Waals surface area contributed by atoms with E-state index < -0.39 is 6.03 Å². The second-order valence-electron chi connectivity index (χ2n) is 3.61. The van der Waals surface area contributed by atoms with Gasteiger partial charge in [-0.15, -0.1) is 0 Å². The van der Waals surface area contributed by atoms with Crippen molar-refractivity contribution in [1.29, 1.82) is 0 Å². The number of amides is 2.